The molecule has 2 aromatic rings. The Morgan fingerprint density at radius 1 is 0.893 bits per heavy atom. The summed E-state index contributed by atoms with van der Waals surface area (Å²) in [7, 11) is 0. The summed E-state index contributed by atoms with van der Waals surface area (Å²) in [5.74, 6) is -0.0456. The van der Waals surface area contributed by atoms with Gasteiger partial charge in [-0.15, -0.1) is 0 Å². The van der Waals surface area contributed by atoms with Gasteiger partial charge in [-0.2, -0.15) is 0 Å². The second kappa shape index (κ2) is 8.83. The Balaban J connectivity index is 1.56. The Bertz CT molecular complexity index is 836. The molecule has 0 aromatic heterocycles. The number of nitrogens with zero attached hydrogens (tertiary/aromatic N) is 1. The zero-order valence-corrected chi connectivity index (χ0v) is 16.4. The number of carbonyl (C=O) groups is 3. The van der Waals surface area contributed by atoms with Crippen LogP contribution in [0.15, 0.2) is 54.6 Å². The van der Waals surface area contributed by atoms with Gasteiger partial charge in [-0.25, -0.2) is 0 Å². The maximum atomic E-state index is 12.7. The minimum Gasteiger partial charge on any atom is -0.339 e. The van der Waals surface area contributed by atoms with E-state index < -0.39 is 0 Å². The van der Waals surface area contributed by atoms with Crippen molar-refractivity contribution in [1.29, 1.82) is 0 Å². The molecule has 0 radical (unpaired) electrons. The number of nitrogens with one attached hydrogen (secondary N) is 1. The lowest BCUT2D eigenvalue weighted by Crippen LogP contribution is -2.40. The first-order valence-corrected chi connectivity index (χ1v) is 9.75. The summed E-state index contributed by atoms with van der Waals surface area (Å²) < 4.78 is 0. The lowest BCUT2D eigenvalue weighted by atomic mass is 9.88. The minimum absolute atomic E-state index is 0.0277. The Hall–Kier alpha value is -2.95. The van der Waals surface area contributed by atoms with E-state index in [2.05, 4.69) is 5.32 Å². The molecule has 5 heteroatoms. The molecule has 1 N–H and O–H groups in total. The summed E-state index contributed by atoms with van der Waals surface area (Å²) in [5, 5.41) is 2.82. The molecule has 28 heavy (non-hydrogen) atoms. The molecule has 0 atom stereocenters. The van der Waals surface area contributed by atoms with Gasteiger partial charge in [0.2, 0.25) is 5.91 Å². The molecule has 1 aliphatic heterocycles. The highest BCUT2D eigenvalue weighted by Crippen LogP contribution is 2.23. The summed E-state index contributed by atoms with van der Waals surface area (Å²) in [6.07, 6.45) is 1.37. The highest BCUT2D eigenvalue weighted by atomic mass is 16.2. The molecule has 0 aliphatic carbocycles. The number of carbonyl (C=O) groups excluding carboxylic acids is 3. The number of hydrogen-bond acceptors (Lipinski definition) is 3. The fourth-order valence-electron chi connectivity index (χ4n) is 3.35. The van der Waals surface area contributed by atoms with Gasteiger partial charge in [0.15, 0.2) is 5.78 Å². The van der Waals surface area contributed by atoms with Gasteiger partial charge in [-0.05, 0) is 37.1 Å². The Labute approximate surface area is 165 Å². The Morgan fingerprint density at radius 2 is 1.50 bits per heavy atom. The lowest BCUT2D eigenvalue weighted by molar-refractivity contribution is -0.118. The quantitative estimate of drug-likeness (QED) is 0.799. The van der Waals surface area contributed by atoms with Crippen LogP contribution in [-0.2, 0) is 4.79 Å². The molecule has 0 bridgehead atoms. The first kappa shape index (κ1) is 19.8. The van der Waals surface area contributed by atoms with Crippen molar-refractivity contribution in [3.63, 3.8) is 0 Å². The van der Waals surface area contributed by atoms with Crippen LogP contribution in [0.25, 0.3) is 0 Å². The van der Waals surface area contributed by atoms with Crippen LogP contribution >= 0.6 is 0 Å². The molecular weight excluding hydrogens is 352 g/mol. The number of amides is 2. The van der Waals surface area contributed by atoms with Gasteiger partial charge in [-0.3, -0.25) is 14.4 Å². The van der Waals surface area contributed by atoms with Crippen molar-refractivity contribution in [3.05, 3.63) is 65.7 Å². The van der Waals surface area contributed by atoms with Crippen molar-refractivity contribution >= 4 is 23.3 Å². The summed E-state index contributed by atoms with van der Waals surface area (Å²) in [5.41, 5.74) is 2.02. The van der Waals surface area contributed by atoms with Gasteiger partial charge in [0.25, 0.3) is 5.91 Å². The maximum Gasteiger partial charge on any atom is 0.253 e. The van der Waals surface area contributed by atoms with Gasteiger partial charge >= 0.3 is 0 Å². The topological polar surface area (TPSA) is 66.5 Å². The number of rotatable bonds is 5. The van der Waals surface area contributed by atoms with Crippen LogP contribution < -0.4 is 5.32 Å². The number of hydrogen-bond donors (Lipinski definition) is 1. The third kappa shape index (κ3) is 4.66. The molecule has 1 aliphatic rings. The van der Waals surface area contributed by atoms with Crippen molar-refractivity contribution in [3.8, 4) is 0 Å². The van der Waals surface area contributed by atoms with Crippen molar-refractivity contribution in [2.24, 2.45) is 11.8 Å². The van der Waals surface area contributed by atoms with Crippen molar-refractivity contribution < 1.29 is 14.4 Å². The van der Waals surface area contributed by atoms with Gasteiger partial charge in [0.1, 0.15) is 0 Å². The van der Waals surface area contributed by atoms with E-state index in [-0.39, 0.29) is 29.4 Å². The van der Waals surface area contributed by atoms with E-state index in [1.807, 2.05) is 44.2 Å². The van der Waals surface area contributed by atoms with Gasteiger partial charge in [0.05, 0.1) is 0 Å². The largest absolute Gasteiger partial charge is 0.339 e. The van der Waals surface area contributed by atoms with E-state index in [0.717, 1.165) is 5.56 Å². The van der Waals surface area contributed by atoms with Crippen LogP contribution in [0.3, 0.4) is 0 Å². The summed E-state index contributed by atoms with van der Waals surface area (Å²) in [6, 6.07) is 16.3. The summed E-state index contributed by atoms with van der Waals surface area (Å²) >= 11 is 0. The number of piperidine rings is 1. The van der Waals surface area contributed by atoms with Crippen LogP contribution in [-0.4, -0.2) is 35.6 Å². The van der Waals surface area contributed by atoms with Gasteiger partial charge < -0.3 is 10.2 Å². The molecule has 0 saturated carbocycles. The average molecular weight is 378 g/mol. The molecule has 1 fully saturated rings. The number of likely N-dealkylation sites (tertiary alicyclic amines) is 1. The maximum absolute atomic E-state index is 12.7. The molecule has 2 aromatic carbocycles. The number of Topliss-reactive ketones (excluding diaryl/α,β-unsaturated/α-hetero) is 1. The number of benzene rings is 2. The van der Waals surface area contributed by atoms with E-state index in [4.69, 9.17) is 0 Å². The monoisotopic (exact) mass is 378 g/mol. The fourth-order valence-corrected chi connectivity index (χ4v) is 3.35. The molecule has 5 nitrogen and oxygen atoms in total. The second-order valence-corrected chi connectivity index (χ2v) is 7.52. The molecule has 3 rings (SSSR count). The average Bonchev–Trinajstić information content (AvgIpc) is 2.74. The van der Waals surface area contributed by atoms with E-state index in [0.29, 0.717) is 37.2 Å². The molecule has 2 amide bonds. The van der Waals surface area contributed by atoms with E-state index in [9.17, 15) is 14.4 Å². The third-order valence-electron chi connectivity index (χ3n) is 5.14. The van der Waals surface area contributed by atoms with E-state index in [1.165, 1.54) is 0 Å². The Morgan fingerprint density at radius 3 is 2.07 bits per heavy atom. The van der Waals surface area contributed by atoms with Crippen LogP contribution in [0, 0.1) is 11.8 Å². The smallest absolute Gasteiger partial charge is 0.253 e. The fraction of sp³-hybridized carbons (Fsp3) is 0.348. The van der Waals surface area contributed by atoms with E-state index >= 15 is 0 Å². The SMILES string of the molecule is CC(C)C(=O)Nc1ccc(C(=O)N2CCC(C(=O)c3ccccc3)CC2)cc1. The molecule has 1 heterocycles. The predicted octanol–water partition coefficient (Wildman–Crippen LogP) is 4.02. The van der Waals surface area contributed by atoms with Crippen molar-refractivity contribution in [2.75, 3.05) is 18.4 Å². The lowest BCUT2D eigenvalue weighted by Gasteiger charge is -2.31. The predicted molar refractivity (Wildman–Crippen MR) is 109 cm³/mol. The normalized spacial score (nSPS) is 14.8. The van der Waals surface area contributed by atoms with Crippen LogP contribution in [0.5, 0.6) is 0 Å². The molecular formula is C23H26N2O3. The van der Waals surface area contributed by atoms with Crippen molar-refractivity contribution in [1.82, 2.24) is 4.90 Å². The zero-order valence-electron chi connectivity index (χ0n) is 16.4. The molecule has 0 spiro atoms. The molecule has 0 unspecified atom stereocenters. The second-order valence-electron chi connectivity index (χ2n) is 7.52. The number of ketones is 1. The summed E-state index contributed by atoms with van der Waals surface area (Å²) in [6.45, 7) is 4.82. The third-order valence-corrected chi connectivity index (χ3v) is 5.14. The summed E-state index contributed by atoms with van der Waals surface area (Å²) in [4.78, 5) is 38.9. The number of anilines is 1. The standard InChI is InChI=1S/C23H26N2O3/c1-16(2)22(27)24-20-10-8-19(9-11-20)23(28)25-14-12-18(13-15-25)21(26)17-6-4-3-5-7-17/h3-11,16,18H,12-15H2,1-2H3,(H,24,27). The van der Waals surface area contributed by atoms with E-state index in [1.54, 1.807) is 29.2 Å². The first-order chi connectivity index (χ1) is 13.5. The molecule has 1 saturated heterocycles. The van der Waals surface area contributed by atoms with Gasteiger partial charge in [0, 0.05) is 41.7 Å². The highest BCUT2D eigenvalue weighted by Gasteiger charge is 2.28. The zero-order chi connectivity index (χ0) is 20.1. The van der Waals surface area contributed by atoms with Crippen LogP contribution in [0.4, 0.5) is 5.69 Å². The van der Waals surface area contributed by atoms with Crippen molar-refractivity contribution in [2.45, 2.75) is 26.7 Å². The first-order valence-electron chi connectivity index (χ1n) is 9.75. The molecule has 146 valence electrons. The Kier molecular flexibility index (Phi) is 6.24. The minimum atomic E-state index is -0.0961. The van der Waals surface area contributed by atoms with Crippen LogP contribution in [0.2, 0.25) is 0 Å². The van der Waals surface area contributed by atoms with Gasteiger partial charge in [-0.1, -0.05) is 44.2 Å². The van der Waals surface area contributed by atoms with Crippen LogP contribution in [0.1, 0.15) is 47.4 Å². The highest BCUT2D eigenvalue weighted by molar-refractivity contribution is 5.99.